The fraction of sp³-hybridized carbons (Fsp3) is 0.407. The molecule has 1 saturated heterocycles. The first kappa shape index (κ1) is 26.3. The smallest absolute Gasteiger partial charge is 0.316 e. The maximum Gasteiger partial charge on any atom is 0.316 e. The molecule has 1 aliphatic heterocycles. The summed E-state index contributed by atoms with van der Waals surface area (Å²) in [7, 11) is -3.45. The van der Waals surface area contributed by atoms with E-state index in [2.05, 4.69) is 12.0 Å². The zero-order chi connectivity index (χ0) is 26.9. The number of benzene rings is 2. The molecule has 1 aromatic heterocycles. The summed E-state index contributed by atoms with van der Waals surface area (Å²) in [6, 6.07) is 12.3. The maximum absolute atomic E-state index is 13.8. The van der Waals surface area contributed by atoms with Gasteiger partial charge in [-0.15, -0.1) is 0 Å². The summed E-state index contributed by atoms with van der Waals surface area (Å²) >= 11 is 0. The van der Waals surface area contributed by atoms with Crippen molar-refractivity contribution in [1.29, 1.82) is 0 Å². The Labute approximate surface area is 220 Å². The third-order valence-electron chi connectivity index (χ3n) is 7.14. The second kappa shape index (κ2) is 10.5. The van der Waals surface area contributed by atoms with Crippen LogP contribution in [0.5, 0.6) is 5.75 Å². The number of halogens is 2. The molecule has 2 aromatic carbocycles. The molecule has 5 rings (SSSR count). The molecule has 2 fully saturated rings. The van der Waals surface area contributed by atoms with Crippen LogP contribution in [0, 0.1) is 17.0 Å². The van der Waals surface area contributed by atoms with Crippen molar-refractivity contribution in [2.45, 2.75) is 26.2 Å². The van der Waals surface area contributed by atoms with Crippen LogP contribution < -0.4 is 15.2 Å². The Morgan fingerprint density at radius 3 is 2.29 bits per heavy atom. The molecule has 1 aliphatic carbocycles. The van der Waals surface area contributed by atoms with Gasteiger partial charge in [-0.2, -0.15) is 14.1 Å². The molecule has 0 unspecified atom stereocenters. The number of rotatable bonds is 9. The van der Waals surface area contributed by atoms with Crippen LogP contribution in [-0.2, 0) is 16.4 Å². The van der Waals surface area contributed by atoms with Crippen molar-refractivity contribution in [1.82, 2.24) is 14.1 Å². The highest BCUT2D eigenvalue weighted by Gasteiger charge is 2.39. The van der Waals surface area contributed by atoms with Crippen LogP contribution in [0.15, 0.2) is 59.5 Å². The number of hydrogen-bond acceptors (Lipinski definition) is 6. The highest BCUT2D eigenvalue weighted by molar-refractivity contribution is 7.89. The van der Waals surface area contributed by atoms with Gasteiger partial charge in [-0.05, 0) is 37.0 Å². The maximum atomic E-state index is 13.8. The van der Waals surface area contributed by atoms with E-state index < -0.39 is 27.2 Å². The van der Waals surface area contributed by atoms with Gasteiger partial charge >= 0.3 is 5.56 Å². The fourth-order valence-corrected chi connectivity index (χ4v) is 5.94. The zero-order valence-corrected chi connectivity index (χ0v) is 22.0. The number of sulfonamides is 1. The molecule has 0 N–H and O–H groups in total. The van der Waals surface area contributed by atoms with E-state index in [1.54, 1.807) is 0 Å². The van der Waals surface area contributed by atoms with E-state index in [1.165, 1.54) is 10.5 Å². The van der Waals surface area contributed by atoms with E-state index in [0.717, 1.165) is 41.3 Å². The van der Waals surface area contributed by atoms with Gasteiger partial charge in [0, 0.05) is 37.7 Å². The van der Waals surface area contributed by atoms with Crippen molar-refractivity contribution in [3.63, 3.8) is 0 Å². The molecule has 1 saturated carbocycles. The van der Waals surface area contributed by atoms with E-state index in [9.17, 15) is 22.0 Å². The number of anilines is 1. The topological polar surface area (TPSA) is 84.7 Å². The summed E-state index contributed by atoms with van der Waals surface area (Å²) < 4.78 is 62.0. The predicted octanol–water partition coefficient (Wildman–Crippen LogP) is 3.38. The van der Waals surface area contributed by atoms with E-state index in [0.29, 0.717) is 31.8 Å². The van der Waals surface area contributed by atoms with Crippen molar-refractivity contribution in [2.75, 3.05) is 43.4 Å². The second-order valence-electron chi connectivity index (χ2n) is 10.2. The highest BCUT2D eigenvalue weighted by atomic mass is 32.2. The van der Waals surface area contributed by atoms with Crippen molar-refractivity contribution < 1.29 is 21.9 Å². The normalized spacial score (nSPS) is 17.4. The first-order valence-electron chi connectivity index (χ1n) is 12.6. The number of hydrogen-bond donors (Lipinski definition) is 0. The molecule has 8 nitrogen and oxygen atoms in total. The van der Waals surface area contributed by atoms with Crippen LogP contribution in [0.4, 0.5) is 14.5 Å². The van der Waals surface area contributed by atoms with Gasteiger partial charge in [0.15, 0.2) is 0 Å². The van der Waals surface area contributed by atoms with Crippen molar-refractivity contribution in [3.8, 4) is 11.4 Å². The largest absolute Gasteiger partial charge is 0.486 e. The van der Waals surface area contributed by atoms with Gasteiger partial charge in [-0.3, -0.25) is 4.79 Å². The third kappa shape index (κ3) is 5.88. The number of nitrogens with zero attached hydrogens (tertiary/aromatic N) is 4. The second-order valence-corrected chi connectivity index (χ2v) is 12.3. The number of aromatic nitrogens is 2. The monoisotopic (exact) mass is 544 g/mol. The lowest BCUT2D eigenvalue weighted by molar-refractivity contribution is 0.242. The van der Waals surface area contributed by atoms with E-state index in [-0.39, 0.29) is 35.7 Å². The van der Waals surface area contributed by atoms with Gasteiger partial charge in [0.05, 0.1) is 24.2 Å². The Balaban J connectivity index is 1.35. The minimum atomic E-state index is -3.45. The molecule has 0 amide bonds. The van der Waals surface area contributed by atoms with E-state index >= 15 is 0 Å². The predicted molar refractivity (Wildman–Crippen MR) is 140 cm³/mol. The van der Waals surface area contributed by atoms with Crippen LogP contribution in [0.25, 0.3) is 5.69 Å². The Morgan fingerprint density at radius 1 is 1.00 bits per heavy atom. The number of piperazine rings is 1. The minimum Gasteiger partial charge on any atom is -0.486 e. The minimum absolute atomic E-state index is 0.0195. The summed E-state index contributed by atoms with van der Waals surface area (Å²) in [5.41, 5.74) is 0.707. The molecule has 0 atom stereocenters. The molecule has 0 radical (unpaired) electrons. The van der Waals surface area contributed by atoms with Crippen molar-refractivity contribution >= 4 is 15.7 Å². The van der Waals surface area contributed by atoms with Crippen LogP contribution >= 0.6 is 0 Å². The lowest BCUT2D eigenvalue weighted by atomic mass is 10.2. The van der Waals surface area contributed by atoms with Gasteiger partial charge in [-0.25, -0.2) is 17.2 Å². The number of aryl methyl sites for hydroxylation is 1. The highest BCUT2D eigenvalue weighted by Crippen LogP contribution is 2.45. The first-order chi connectivity index (χ1) is 18.1. The van der Waals surface area contributed by atoms with Crippen LogP contribution in [-0.4, -0.2) is 61.0 Å². The first-order valence-corrected chi connectivity index (χ1v) is 14.2. The lowest BCUT2D eigenvalue weighted by Crippen LogP contribution is -2.50. The van der Waals surface area contributed by atoms with Gasteiger partial charge in [0.25, 0.3) is 0 Å². The van der Waals surface area contributed by atoms with Crippen molar-refractivity contribution in [3.05, 3.63) is 82.3 Å². The summed E-state index contributed by atoms with van der Waals surface area (Å²) in [6.07, 6.45) is 3.84. The standard InChI is InChI=1S/C27H30F2N4O4S/c1-27(8-9-27)19-37-25-24(18-30-33(26(25)34)23-16-21(28)15-22(29)17-23)31-10-12-32(13-11-31)38(35,36)14-7-20-5-3-2-4-6-20/h2-6,15-18H,7-14,19H2,1H3. The summed E-state index contributed by atoms with van der Waals surface area (Å²) in [5, 5.41) is 4.17. The molecule has 0 spiro atoms. The quantitative estimate of drug-likeness (QED) is 0.411. The Bertz CT molecular complexity index is 1450. The van der Waals surface area contributed by atoms with Crippen molar-refractivity contribution in [2.24, 2.45) is 5.41 Å². The fourth-order valence-electron chi connectivity index (χ4n) is 4.47. The average molecular weight is 545 g/mol. The third-order valence-corrected chi connectivity index (χ3v) is 9.01. The SMILES string of the molecule is CC1(COc2c(N3CCN(S(=O)(=O)CCc4ccccc4)CC3)cnn(-c3cc(F)cc(F)c3)c2=O)CC1. The lowest BCUT2D eigenvalue weighted by Gasteiger charge is -2.35. The molecule has 0 bridgehead atoms. The Morgan fingerprint density at radius 2 is 1.66 bits per heavy atom. The zero-order valence-electron chi connectivity index (χ0n) is 21.1. The average Bonchev–Trinajstić information content (AvgIpc) is 3.64. The molecule has 2 aliphatic rings. The molecule has 202 valence electrons. The molecular formula is C27H30F2N4O4S. The Kier molecular flexibility index (Phi) is 7.23. The van der Waals surface area contributed by atoms with Crippen LogP contribution in [0.3, 0.4) is 0 Å². The van der Waals surface area contributed by atoms with Gasteiger partial charge in [-0.1, -0.05) is 37.3 Å². The van der Waals surface area contributed by atoms with Gasteiger partial charge in [0.1, 0.15) is 17.3 Å². The molecule has 11 heteroatoms. The summed E-state index contributed by atoms with van der Waals surface area (Å²) in [4.78, 5) is 15.3. The molecule has 3 aromatic rings. The van der Waals surface area contributed by atoms with Crippen LogP contribution in [0.1, 0.15) is 25.3 Å². The van der Waals surface area contributed by atoms with Gasteiger partial charge in [0.2, 0.25) is 15.8 Å². The summed E-state index contributed by atoms with van der Waals surface area (Å²) in [6.45, 7) is 3.59. The summed E-state index contributed by atoms with van der Waals surface area (Å²) in [5.74, 6) is -1.59. The van der Waals surface area contributed by atoms with Crippen LogP contribution in [0.2, 0.25) is 0 Å². The van der Waals surface area contributed by atoms with E-state index in [4.69, 9.17) is 4.74 Å². The van der Waals surface area contributed by atoms with E-state index in [1.807, 2.05) is 35.2 Å². The molecule has 38 heavy (non-hydrogen) atoms. The molecular weight excluding hydrogens is 514 g/mol. The van der Waals surface area contributed by atoms with Gasteiger partial charge < -0.3 is 9.64 Å². The Hall–Kier alpha value is -3.31. The number of ether oxygens (including phenoxy) is 1. The molecule has 2 heterocycles.